The van der Waals surface area contributed by atoms with E-state index >= 15 is 0 Å². The van der Waals surface area contributed by atoms with E-state index in [1.807, 2.05) is 6.07 Å². The molecule has 0 saturated heterocycles. The molecule has 0 N–H and O–H groups in total. The third kappa shape index (κ3) is 3.77. The minimum atomic E-state index is -4.37. The summed E-state index contributed by atoms with van der Waals surface area (Å²) in [7, 11) is 0. The summed E-state index contributed by atoms with van der Waals surface area (Å²) in [6.45, 7) is 0.0712. The monoisotopic (exact) mass is 344 g/mol. The quantitative estimate of drug-likeness (QED) is 0.723. The van der Waals surface area contributed by atoms with Crippen LogP contribution in [0.4, 0.5) is 13.2 Å². The van der Waals surface area contributed by atoms with Gasteiger partial charge in [-0.25, -0.2) is 4.98 Å². The summed E-state index contributed by atoms with van der Waals surface area (Å²) < 4.78 is 44.7. The number of aromatic nitrogens is 3. The molecular weight excluding hydrogens is 333 g/mol. The molecule has 3 aromatic rings. The second-order valence-electron chi connectivity index (χ2n) is 5.08. The molecule has 0 amide bonds. The van der Waals surface area contributed by atoms with Gasteiger partial charge in [-0.3, -0.25) is 0 Å². The first kappa shape index (κ1) is 16.5. The van der Waals surface area contributed by atoms with E-state index in [2.05, 4.69) is 10.1 Å². The summed E-state index contributed by atoms with van der Waals surface area (Å²) in [4.78, 5) is 4.13. The highest BCUT2D eigenvalue weighted by molar-refractivity contribution is 5.37. The summed E-state index contributed by atoms with van der Waals surface area (Å²) in [6, 6.07) is 11.5. The molecule has 5 nitrogen and oxygen atoms in total. The Kier molecular flexibility index (Phi) is 4.39. The number of hydrogen-bond donors (Lipinski definition) is 0. The predicted molar refractivity (Wildman–Crippen MR) is 81.9 cm³/mol. The molecule has 0 aliphatic carbocycles. The topological polar surface area (TPSA) is 63.7 Å². The molecule has 2 aromatic heterocycles. The molecule has 0 radical (unpaired) electrons. The molecule has 8 heteroatoms. The fourth-order valence-electron chi connectivity index (χ4n) is 2.12. The Morgan fingerprint density at radius 1 is 1.08 bits per heavy atom. The number of ether oxygens (including phenoxy) is 1. The maximum absolute atomic E-state index is 12.6. The average Bonchev–Trinajstić information content (AvgIpc) is 3.08. The van der Waals surface area contributed by atoms with Gasteiger partial charge in [0.2, 0.25) is 5.88 Å². The predicted octanol–water partition coefficient (Wildman–Crippen LogP) is 3.74. The van der Waals surface area contributed by atoms with Crippen LogP contribution in [0.5, 0.6) is 5.88 Å². The van der Waals surface area contributed by atoms with Crippen molar-refractivity contribution in [3.63, 3.8) is 0 Å². The van der Waals surface area contributed by atoms with Gasteiger partial charge in [0.25, 0.3) is 0 Å². The second kappa shape index (κ2) is 6.65. The Morgan fingerprint density at radius 2 is 1.84 bits per heavy atom. The van der Waals surface area contributed by atoms with Gasteiger partial charge < -0.3 is 4.74 Å². The van der Waals surface area contributed by atoms with Crippen molar-refractivity contribution in [2.45, 2.75) is 12.8 Å². The molecule has 0 saturated carbocycles. The summed E-state index contributed by atoms with van der Waals surface area (Å²) in [6.07, 6.45) is -1.38. The molecule has 2 heterocycles. The summed E-state index contributed by atoms with van der Waals surface area (Å²) in [5.41, 5.74) is 0.299. The number of alkyl halides is 3. The van der Waals surface area contributed by atoms with Gasteiger partial charge in [0.05, 0.1) is 23.4 Å². The molecule has 0 aliphatic rings. The van der Waals surface area contributed by atoms with Gasteiger partial charge in [0.1, 0.15) is 6.61 Å². The van der Waals surface area contributed by atoms with E-state index in [9.17, 15) is 13.2 Å². The molecule has 126 valence electrons. The van der Waals surface area contributed by atoms with Crippen LogP contribution in [0.25, 0.3) is 5.82 Å². The molecule has 0 bridgehead atoms. The molecule has 25 heavy (non-hydrogen) atoms. The lowest BCUT2D eigenvalue weighted by atomic mass is 10.1. The molecule has 0 fully saturated rings. The highest BCUT2D eigenvalue weighted by atomic mass is 19.4. The van der Waals surface area contributed by atoms with Crippen LogP contribution < -0.4 is 4.74 Å². The number of benzene rings is 1. The Balaban J connectivity index is 1.75. The van der Waals surface area contributed by atoms with Crippen LogP contribution in [-0.2, 0) is 12.8 Å². The van der Waals surface area contributed by atoms with E-state index in [-0.39, 0.29) is 6.61 Å². The van der Waals surface area contributed by atoms with E-state index in [4.69, 9.17) is 10.00 Å². The Hall–Kier alpha value is -3.34. The largest absolute Gasteiger partial charge is 0.473 e. The van der Waals surface area contributed by atoms with Gasteiger partial charge in [0.15, 0.2) is 5.82 Å². The van der Waals surface area contributed by atoms with Gasteiger partial charge in [-0.15, -0.1) is 0 Å². The lowest BCUT2D eigenvalue weighted by Gasteiger charge is -2.10. The van der Waals surface area contributed by atoms with Crippen molar-refractivity contribution < 1.29 is 17.9 Å². The highest BCUT2D eigenvalue weighted by Gasteiger charge is 2.29. The van der Waals surface area contributed by atoms with Crippen LogP contribution in [0.2, 0.25) is 0 Å². The number of nitrogens with zero attached hydrogens (tertiary/aromatic N) is 4. The van der Waals surface area contributed by atoms with E-state index in [1.54, 1.807) is 18.2 Å². The molecule has 0 unspecified atom stereocenters. The zero-order valence-electron chi connectivity index (χ0n) is 12.7. The molecule has 0 atom stereocenters. The zero-order chi connectivity index (χ0) is 17.9. The average molecular weight is 344 g/mol. The van der Waals surface area contributed by atoms with Crippen LogP contribution >= 0.6 is 0 Å². The first-order chi connectivity index (χ1) is 12.0. The van der Waals surface area contributed by atoms with Crippen LogP contribution in [0.3, 0.4) is 0 Å². The van der Waals surface area contributed by atoms with Gasteiger partial charge in [0, 0.05) is 18.3 Å². The van der Waals surface area contributed by atoms with Crippen molar-refractivity contribution in [3.8, 4) is 17.8 Å². The normalized spacial score (nSPS) is 11.1. The minimum Gasteiger partial charge on any atom is -0.473 e. The summed E-state index contributed by atoms with van der Waals surface area (Å²) >= 11 is 0. The maximum atomic E-state index is 12.6. The Morgan fingerprint density at radius 3 is 2.52 bits per heavy atom. The van der Waals surface area contributed by atoms with E-state index in [0.717, 1.165) is 12.1 Å². The zero-order valence-corrected chi connectivity index (χ0v) is 12.7. The Bertz CT molecular complexity index is 911. The fourth-order valence-corrected chi connectivity index (χ4v) is 2.12. The fraction of sp³-hybridized carbons (Fsp3) is 0.118. The molecule has 0 spiro atoms. The van der Waals surface area contributed by atoms with Crippen molar-refractivity contribution >= 4 is 0 Å². The van der Waals surface area contributed by atoms with Crippen molar-refractivity contribution in [1.29, 1.82) is 5.26 Å². The maximum Gasteiger partial charge on any atom is 0.416 e. The van der Waals surface area contributed by atoms with Crippen LogP contribution in [-0.4, -0.2) is 14.8 Å². The second-order valence-corrected chi connectivity index (χ2v) is 5.08. The smallest absolute Gasteiger partial charge is 0.416 e. The molecule has 1 aromatic carbocycles. The number of hydrogen-bond acceptors (Lipinski definition) is 4. The number of nitriles is 1. The highest BCUT2D eigenvalue weighted by Crippen LogP contribution is 2.29. The minimum absolute atomic E-state index is 0.0712. The van der Waals surface area contributed by atoms with Gasteiger partial charge in [-0.05, 0) is 23.8 Å². The summed E-state index contributed by atoms with van der Waals surface area (Å²) in [5, 5.41) is 13.0. The van der Waals surface area contributed by atoms with Gasteiger partial charge in [-0.1, -0.05) is 12.1 Å². The molecular formula is C17H11F3N4O. The standard InChI is InChI=1S/C17H11F3N4O/c18-17(19,20)14-3-1-12(2-4-14)11-25-16-6-8-23-24(16)15-9-13(10-21)5-7-22-15/h1-9H,11H2. The van der Waals surface area contributed by atoms with Crippen molar-refractivity contribution in [3.05, 3.63) is 71.5 Å². The van der Waals surface area contributed by atoms with E-state index in [0.29, 0.717) is 22.8 Å². The molecule has 0 aliphatic heterocycles. The third-order valence-electron chi connectivity index (χ3n) is 3.37. The van der Waals surface area contributed by atoms with Gasteiger partial charge >= 0.3 is 6.18 Å². The lowest BCUT2D eigenvalue weighted by molar-refractivity contribution is -0.137. The third-order valence-corrected chi connectivity index (χ3v) is 3.37. The number of halogens is 3. The van der Waals surface area contributed by atoms with Crippen molar-refractivity contribution in [2.24, 2.45) is 0 Å². The van der Waals surface area contributed by atoms with E-state index < -0.39 is 11.7 Å². The van der Waals surface area contributed by atoms with E-state index in [1.165, 1.54) is 29.2 Å². The number of rotatable bonds is 4. The van der Waals surface area contributed by atoms with Crippen LogP contribution in [0, 0.1) is 11.3 Å². The number of pyridine rings is 1. The van der Waals surface area contributed by atoms with Crippen molar-refractivity contribution in [1.82, 2.24) is 14.8 Å². The summed E-state index contributed by atoms with van der Waals surface area (Å²) in [5.74, 6) is 0.772. The van der Waals surface area contributed by atoms with Gasteiger partial charge in [-0.2, -0.15) is 28.2 Å². The lowest BCUT2D eigenvalue weighted by Crippen LogP contribution is -2.06. The molecule has 3 rings (SSSR count). The van der Waals surface area contributed by atoms with Crippen LogP contribution in [0.15, 0.2) is 54.9 Å². The first-order valence-corrected chi connectivity index (χ1v) is 7.17. The Labute approximate surface area is 140 Å². The SMILES string of the molecule is N#Cc1ccnc(-n2nccc2OCc2ccc(C(F)(F)F)cc2)c1. The first-order valence-electron chi connectivity index (χ1n) is 7.17. The van der Waals surface area contributed by atoms with Crippen LogP contribution in [0.1, 0.15) is 16.7 Å². The van der Waals surface area contributed by atoms with Crippen molar-refractivity contribution in [2.75, 3.05) is 0 Å².